The van der Waals surface area contributed by atoms with Gasteiger partial charge in [-0.15, -0.1) is 0 Å². The highest BCUT2D eigenvalue weighted by atomic mass is 35.5. The number of halogens is 1. The van der Waals surface area contributed by atoms with Gasteiger partial charge in [0.1, 0.15) is 0 Å². The highest BCUT2D eigenvalue weighted by Gasteiger charge is 1.99. The van der Waals surface area contributed by atoms with Crippen molar-refractivity contribution in [1.82, 2.24) is 10.6 Å². The molecule has 102 valence electrons. The second kappa shape index (κ2) is 8.52. The predicted octanol–water partition coefficient (Wildman–Crippen LogP) is 3.37. The first-order valence-corrected chi connectivity index (χ1v) is 7.14. The minimum Gasteiger partial charge on any atom is -0.316 e. The van der Waals surface area contributed by atoms with E-state index < -0.39 is 0 Å². The summed E-state index contributed by atoms with van der Waals surface area (Å²) in [5.41, 5.74) is 2.59. The molecular formula is C15H25ClN2. The van der Waals surface area contributed by atoms with Gasteiger partial charge in [0, 0.05) is 11.6 Å². The molecule has 0 amide bonds. The monoisotopic (exact) mass is 268 g/mol. The van der Waals surface area contributed by atoms with E-state index in [2.05, 4.69) is 37.5 Å². The fourth-order valence-electron chi connectivity index (χ4n) is 1.78. The van der Waals surface area contributed by atoms with E-state index in [0.29, 0.717) is 0 Å². The van der Waals surface area contributed by atoms with Crippen LogP contribution in [0.15, 0.2) is 18.2 Å². The van der Waals surface area contributed by atoms with Crippen LogP contribution in [0, 0.1) is 12.8 Å². The van der Waals surface area contributed by atoms with Gasteiger partial charge >= 0.3 is 0 Å². The van der Waals surface area contributed by atoms with Crippen LogP contribution in [-0.2, 0) is 6.54 Å². The molecule has 0 unspecified atom stereocenters. The highest BCUT2D eigenvalue weighted by Crippen LogP contribution is 2.14. The first kappa shape index (κ1) is 15.5. The standard InChI is InChI=1S/C15H25ClN2/c1-12(2)10-17-7-4-8-18-11-14-9-15(16)6-5-13(14)3/h5-6,9,12,17-18H,4,7-8,10-11H2,1-3H3. The maximum Gasteiger partial charge on any atom is 0.0409 e. The molecule has 1 rings (SSSR count). The summed E-state index contributed by atoms with van der Waals surface area (Å²) in [5.74, 6) is 0.729. The quantitative estimate of drug-likeness (QED) is 0.707. The van der Waals surface area contributed by atoms with Crippen LogP contribution in [0.4, 0.5) is 0 Å². The van der Waals surface area contributed by atoms with E-state index in [1.165, 1.54) is 11.1 Å². The Labute approximate surface area is 116 Å². The Kier molecular flexibility index (Phi) is 7.33. The van der Waals surface area contributed by atoms with Crippen molar-refractivity contribution in [3.63, 3.8) is 0 Å². The summed E-state index contributed by atoms with van der Waals surface area (Å²) in [4.78, 5) is 0. The van der Waals surface area contributed by atoms with Crippen molar-refractivity contribution < 1.29 is 0 Å². The van der Waals surface area contributed by atoms with Crippen LogP contribution in [-0.4, -0.2) is 19.6 Å². The molecule has 1 aromatic carbocycles. The lowest BCUT2D eigenvalue weighted by molar-refractivity contribution is 0.530. The summed E-state index contributed by atoms with van der Waals surface area (Å²) >= 11 is 5.99. The van der Waals surface area contributed by atoms with Gasteiger partial charge in [0.15, 0.2) is 0 Å². The van der Waals surface area contributed by atoms with Gasteiger partial charge in [-0.3, -0.25) is 0 Å². The lowest BCUT2D eigenvalue weighted by atomic mass is 10.1. The average molecular weight is 269 g/mol. The van der Waals surface area contributed by atoms with Crippen molar-refractivity contribution in [2.75, 3.05) is 19.6 Å². The van der Waals surface area contributed by atoms with Gasteiger partial charge in [-0.05, 0) is 62.2 Å². The Morgan fingerprint density at radius 3 is 2.61 bits per heavy atom. The molecule has 0 radical (unpaired) electrons. The fourth-order valence-corrected chi connectivity index (χ4v) is 1.98. The Bertz CT molecular complexity index is 350. The summed E-state index contributed by atoms with van der Waals surface area (Å²) in [6.07, 6.45) is 1.16. The number of aryl methyl sites for hydroxylation is 1. The molecule has 0 aliphatic rings. The summed E-state index contributed by atoms with van der Waals surface area (Å²) < 4.78 is 0. The molecular weight excluding hydrogens is 244 g/mol. The van der Waals surface area contributed by atoms with Crippen molar-refractivity contribution in [3.8, 4) is 0 Å². The zero-order valence-electron chi connectivity index (χ0n) is 11.7. The summed E-state index contributed by atoms with van der Waals surface area (Å²) in [7, 11) is 0. The lowest BCUT2D eigenvalue weighted by Gasteiger charge is -2.09. The van der Waals surface area contributed by atoms with Gasteiger partial charge in [0.05, 0.1) is 0 Å². The molecule has 2 N–H and O–H groups in total. The molecule has 0 fully saturated rings. The third-order valence-electron chi connectivity index (χ3n) is 2.89. The SMILES string of the molecule is Cc1ccc(Cl)cc1CNCCCNCC(C)C. The molecule has 0 atom stereocenters. The molecule has 0 aromatic heterocycles. The molecule has 1 aromatic rings. The van der Waals surface area contributed by atoms with Crippen molar-refractivity contribution in [2.45, 2.75) is 33.7 Å². The van der Waals surface area contributed by atoms with Crippen molar-refractivity contribution in [3.05, 3.63) is 34.3 Å². The number of nitrogens with one attached hydrogen (secondary N) is 2. The lowest BCUT2D eigenvalue weighted by Crippen LogP contribution is -2.24. The number of hydrogen-bond acceptors (Lipinski definition) is 2. The molecule has 0 aliphatic heterocycles. The Balaban J connectivity index is 2.12. The molecule has 0 saturated heterocycles. The first-order valence-electron chi connectivity index (χ1n) is 6.76. The van der Waals surface area contributed by atoms with Crippen LogP contribution in [0.25, 0.3) is 0 Å². The van der Waals surface area contributed by atoms with Gasteiger partial charge in [-0.1, -0.05) is 31.5 Å². The molecule has 2 nitrogen and oxygen atoms in total. The van der Waals surface area contributed by atoms with Gasteiger partial charge < -0.3 is 10.6 Å². The van der Waals surface area contributed by atoms with Gasteiger partial charge in [0.25, 0.3) is 0 Å². The van der Waals surface area contributed by atoms with Crippen LogP contribution in [0.2, 0.25) is 5.02 Å². The number of benzene rings is 1. The summed E-state index contributed by atoms with van der Waals surface area (Å²) in [6, 6.07) is 6.06. The summed E-state index contributed by atoms with van der Waals surface area (Å²) in [5, 5.41) is 7.72. The third kappa shape index (κ3) is 6.39. The largest absolute Gasteiger partial charge is 0.316 e. The molecule has 0 aliphatic carbocycles. The third-order valence-corrected chi connectivity index (χ3v) is 3.12. The Hall–Kier alpha value is -0.570. The minimum atomic E-state index is 0.729. The van der Waals surface area contributed by atoms with Crippen LogP contribution < -0.4 is 10.6 Å². The van der Waals surface area contributed by atoms with E-state index in [-0.39, 0.29) is 0 Å². The second-order valence-corrected chi connectivity index (χ2v) is 5.64. The molecule has 3 heteroatoms. The van der Waals surface area contributed by atoms with E-state index in [9.17, 15) is 0 Å². The van der Waals surface area contributed by atoms with Gasteiger partial charge in [0.2, 0.25) is 0 Å². The zero-order chi connectivity index (χ0) is 13.4. The van der Waals surface area contributed by atoms with E-state index >= 15 is 0 Å². The average Bonchev–Trinajstić information content (AvgIpc) is 2.32. The Morgan fingerprint density at radius 1 is 1.17 bits per heavy atom. The molecule has 18 heavy (non-hydrogen) atoms. The molecule has 0 saturated carbocycles. The maximum atomic E-state index is 5.99. The fraction of sp³-hybridized carbons (Fsp3) is 0.600. The smallest absolute Gasteiger partial charge is 0.0409 e. The van der Waals surface area contributed by atoms with Gasteiger partial charge in [-0.25, -0.2) is 0 Å². The topological polar surface area (TPSA) is 24.1 Å². The summed E-state index contributed by atoms with van der Waals surface area (Å²) in [6.45, 7) is 10.7. The van der Waals surface area contributed by atoms with Crippen molar-refractivity contribution in [1.29, 1.82) is 0 Å². The van der Waals surface area contributed by atoms with Crippen LogP contribution >= 0.6 is 11.6 Å². The van der Waals surface area contributed by atoms with Crippen molar-refractivity contribution in [2.24, 2.45) is 5.92 Å². The van der Waals surface area contributed by atoms with E-state index in [1.807, 2.05) is 12.1 Å². The molecule has 0 bridgehead atoms. The highest BCUT2D eigenvalue weighted by molar-refractivity contribution is 6.30. The number of rotatable bonds is 8. The predicted molar refractivity (Wildman–Crippen MR) is 80.2 cm³/mol. The zero-order valence-corrected chi connectivity index (χ0v) is 12.5. The van der Waals surface area contributed by atoms with Crippen LogP contribution in [0.5, 0.6) is 0 Å². The van der Waals surface area contributed by atoms with Crippen LogP contribution in [0.3, 0.4) is 0 Å². The van der Waals surface area contributed by atoms with E-state index in [0.717, 1.165) is 43.5 Å². The minimum absolute atomic E-state index is 0.729. The van der Waals surface area contributed by atoms with Crippen molar-refractivity contribution >= 4 is 11.6 Å². The first-order chi connectivity index (χ1) is 8.59. The van der Waals surface area contributed by atoms with E-state index in [1.54, 1.807) is 0 Å². The Morgan fingerprint density at radius 2 is 1.89 bits per heavy atom. The normalized spacial score (nSPS) is 11.2. The molecule has 0 spiro atoms. The maximum absolute atomic E-state index is 5.99. The van der Waals surface area contributed by atoms with E-state index in [4.69, 9.17) is 11.6 Å². The van der Waals surface area contributed by atoms with Crippen LogP contribution in [0.1, 0.15) is 31.4 Å². The molecule has 0 heterocycles. The van der Waals surface area contributed by atoms with Gasteiger partial charge in [-0.2, -0.15) is 0 Å². The second-order valence-electron chi connectivity index (χ2n) is 5.20. The number of hydrogen-bond donors (Lipinski definition) is 2.